The number of aliphatic carboxylic acids is 1. The number of carboxylic acid groups (broad SMARTS) is 1. The Morgan fingerprint density at radius 2 is 2.12 bits per heavy atom. The number of hydrogen-bond donors (Lipinski definition) is 1. The topological polar surface area (TPSA) is 55.1 Å². The molecule has 0 amide bonds. The summed E-state index contributed by atoms with van der Waals surface area (Å²) in [6.45, 7) is 0. The lowest BCUT2D eigenvalue weighted by atomic mass is 10.1. The minimum atomic E-state index is -0.963. The fourth-order valence-electron chi connectivity index (χ4n) is 1.41. The first-order chi connectivity index (χ1) is 7.77. The van der Waals surface area contributed by atoms with Crippen molar-refractivity contribution >= 4 is 12.0 Å². The van der Waals surface area contributed by atoms with Gasteiger partial charge in [0.1, 0.15) is 0 Å². The maximum Gasteiger partial charge on any atom is 0.328 e. The van der Waals surface area contributed by atoms with Crippen molar-refractivity contribution in [3.8, 4) is 5.69 Å². The summed E-state index contributed by atoms with van der Waals surface area (Å²) < 4.78 is 1.70. The van der Waals surface area contributed by atoms with Gasteiger partial charge in [-0.25, -0.2) is 9.48 Å². The van der Waals surface area contributed by atoms with E-state index in [1.54, 1.807) is 17.0 Å². The Hall–Kier alpha value is -2.36. The van der Waals surface area contributed by atoms with Crippen LogP contribution in [0.3, 0.4) is 0 Å². The van der Waals surface area contributed by atoms with Crippen molar-refractivity contribution in [2.24, 2.45) is 0 Å². The summed E-state index contributed by atoms with van der Waals surface area (Å²) in [4.78, 5) is 10.5. The third-order valence-corrected chi connectivity index (χ3v) is 2.09. The van der Waals surface area contributed by atoms with Gasteiger partial charge in [0, 0.05) is 24.0 Å². The largest absolute Gasteiger partial charge is 0.478 e. The van der Waals surface area contributed by atoms with Crippen molar-refractivity contribution < 1.29 is 9.90 Å². The normalized spacial score (nSPS) is 10.8. The molecule has 16 heavy (non-hydrogen) atoms. The molecule has 1 heterocycles. The average Bonchev–Trinajstić information content (AvgIpc) is 2.80. The molecule has 0 radical (unpaired) electrons. The van der Waals surface area contributed by atoms with Crippen LogP contribution < -0.4 is 0 Å². The summed E-state index contributed by atoms with van der Waals surface area (Å²) in [5.41, 5.74) is 1.67. The number of aromatic nitrogens is 2. The van der Waals surface area contributed by atoms with Crippen LogP contribution in [0.2, 0.25) is 0 Å². The van der Waals surface area contributed by atoms with Crippen molar-refractivity contribution in [1.29, 1.82) is 0 Å². The minimum Gasteiger partial charge on any atom is -0.478 e. The van der Waals surface area contributed by atoms with E-state index in [2.05, 4.69) is 5.10 Å². The van der Waals surface area contributed by atoms with E-state index in [1.165, 1.54) is 0 Å². The van der Waals surface area contributed by atoms with E-state index in [0.29, 0.717) is 0 Å². The zero-order valence-electron chi connectivity index (χ0n) is 8.45. The van der Waals surface area contributed by atoms with E-state index in [0.717, 1.165) is 17.3 Å². The smallest absolute Gasteiger partial charge is 0.328 e. The molecule has 1 N–H and O–H groups in total. The standard InChI is InChI=1S/C12H10N2O2/c15-12(16)7-6-10-4-1-2-5-11(10)14-9-3-8-13-14/h1-9H,(H,15,16). The number of hydrogen-bond acceptors (Lipinski definition) is 2. The van der Waals surface area contributed by atoms with E-state index >= 15 is 0 Å². The van der Waals surface area contributed by atoms with Crippen LogP contribution in [0.5, 0.6) is 0 Å². The monoisotopic (exact) mass is 214 g/mol. The highest BCUT2D eigenvalue weighted by atomic mass is 16.4. The first-order valence-corrected chi connectivity index (χ1v) is 4.77. The van der Waals surface area contributed by atoms with Gasteiger partial charge in [-0.05, 0) is 18.2 Å². The molecule has 0 saturated heterocycles. The molecule has 1 aromatic carbocycles. The molecule has 0 aliphatic rings. The summed E-state index contributed by atoms with van der Waals surface area (Å²) in [5.74, 6) is -0.963. The summed E-state index contributed by atoms with van der Waals surface area (Å²) in [5, 5.41) is 12.7. The molecular weight excluding hydrogens is 204 g/mol. The molecule has 0 aliphatic heterocycles. The Balaban J connectivity index is 2.42. The molecule has 0 bridgehead atoms. The zero-order chi connectivity index (χ0) is 11.4. The van der Waals surface area contributed by atoms with Gasteiger partial charge in [-0.1, -0.05) is 18.2 Å². The predicted octanol–water partition coefficient (Wildman–Crippen LogP) is 1.97. The van der Waals surface area contributed by atoms with Crippen molar-refractivity contribution in [2.45, 2.75) is 0 Å². The molecular formula is C12H10N2O2. The lowest BCUT2D eigenvalue weighted by Gasteiger charge is -2.04. The quantitative estimate of drug-likeness (QED) is 0.795. The molecule has 1 aromatic heterocycles. The Morgan fingerprint density at radius 3 is 2.81 bits per heavy atom. The SMILES string of the molecule is O=C(O)C=Cc1ccccc1-n1cccn1. The van der Waals surface area contributed by atoms with Crippen molar-refractivity contribution in [3.05, 3.63) is 54.4 Å². The average molecular weight is 214 g/mol. The van der Waals surface area contributed by atoms with Crippen LogP contribution in [0.15, 0.2) is 48.8 Å². The van der Waals surface area contributed by atoms with Crippen LogP contribution in [0.4, 0.5) is 0 Å². The van der Waals surface area contributed by atoms with Gasteiger partial charge in [0.2, 0.25) is 0 Å². The summed E-state index contributed by atoms with van der Waals surface area (Å²) >= 11 is 0. The minimum absolute atomic E-state index is 0.814. The van der Waals surface area contributed by atoms with Crippen molar-refractivity contribution in [3.63, 3.8) is 0 Å². The molecule has 0 unspecified atom stereocenters. The van der Waals surface area contributed by atoms with Gasteiger partial charge in [0.05, 0.1) is 5.69 Å². The first-order valence-electron chi connectivity index (χ1n) is 4.77. The van der Waals surface area contributed by atoms with Crippen LogP contribution in [0.1, 0.15) is 5.56 Å². The number of para-hydroxylation sites is 1. The molecule has 80 valence electrons. The van der Waals surface area contributed by atoms with Gasteiger partial charge in [-0.3, -0.25) is 0 Å². The molecule has 0 saturated carbocycles. The van der Waals surface area contributed by atoms with Crippen molar-refractivity contribution in [1.82, 2.24) is 9.78 Å². The second-order valence-corrected chi connectivity index (χ2v) is 3.18. The van der Waals surface area contributed by atoms with Crippen LogP contribution in [-0.2, 0) is 4.79 Å². The highest BCUT2D eigenvalue weighted by molar-refractivity contribution is 5.86. The Labute approximate surface area is 92.5 Å². The predicted molar refractivity (Wildman–Crippen MR) is 60.2 cm³/mol. The maximum atomic E-state index is 10.5. The Kier molecular flexibility index (Phi) is 2.82. The van der Waals surface area contributed by atoms with E-state index in [9.17, 15) is 4.79 Å². The van der Waals surface area contributed by atoms with Crippen LogP contribution in [0, 0.1) is 0 Å². The fraction of sp³-hybridized carbons (Fsp3) is 0. The summed E-state index contributed by atoms with van der Waals surface area (Å²) in [6, 6.07) is 9.28. The first kappa shape index (κ1) is 10.2. The van der Waals surface area contributed by atoms with E-state index in [1.807, 2.05) is 36.5 Å². The van der Waals surface area contributed by atoms with Gasteiger partial charge in [-0.15, -0.1) is 0 Å². The number of carboxylic acids is 1. The number of benzene rings is 1. The molecule has 0 spiro atoms. The molecule has 0 atom stereocenters. The highest BCUT2D eigenvalue weighted by Gasteiger charge is 2.01. The summed E-state index contributed by atoms with van der Waals surface area (Å²) in [7, 11) is 0. The molecule has 4 nitrogen and oxygen atoms in total. The van der Waals surface area contributed by atoms with Gasteiger partial charge in [-0.2, -0.15) is 5.10 Å². The number of rotatable bonds is 3. The lowest BCUT2D eigenvalue weighted by Crippen LogP contribution is -1.97. The van der Waals surface area contributed by atoms with Gasteiger partial charge in [0.25, 0.3) is 0 Å². The van der Waals surface area contributed by atoms with Crippen molar-refractivity contribution in [2.75, 3.05) is 0 Å². The second-order valence-electron chi connectivity index (χ2n) is 3.18. The molecule has 2 rings (SSSR count). The van der Waals surface area contributed by atoms with Crippen LogP contribution in [-0.4, -0.2) is 20.9 Å². The summed E-state index contributed by atoms with van der Waals surface area (Å²) in [6.07, 6.45) is 6.16. The highest BCUT2D eigenvalue weighted by Crippen LogP contribution is 2.14. The fourth-order valence-corrected chi connectivity index (χ4v) is 1.41. The molecule has 0 aliphatic carbocycles. The molecule has 2 aromatic rings. The zero-order valence-corrected chi connectivity index (χ0v) is 8.45. The second kappa shape index (κ2) is 4.44. The maximum absolute atomic E-state index is 10.5. The Bertz CT molecular complexity index is 516. The van der Waals surface area contributed by atoms with Crippen LogP contribution >= 0.6 is 0 Å². The van der Waals surface area contributed by atoms with Gasteiger partial charge >= 0.3 is 5.97 Å². The third-order valence-electron chi connectivity index (χ3n) is 2.09. The third kappa shape index (κ3) is 2.17. The number of nitrogens with zero attached hydrogens (tertiary/aromatic N) is 2. The van der Waals surface area contributed by atoms with E-state index in [-0.39, 0.29) is 0 Å². The lowest BCUT2D eigenvalue weighted by molar-refractivity contribution is -0.131. The van der Waals surface area contributed by atoms with E-state index in [4.69, 9.17) is 5.11 Å². The van der Waals surface area contributed by atoms with Crippen LogP contribution in [0.25, 0.3) is 11.8 Å². The van der Waals surface area contributed by atoms with Gasteiger partial charge < -0.3 is 5.11 Å². The molecule has 0 fully saturated rings. The van der Waals surface area contributed by atoms with Gasteiger partial charge in [0.15, 0.2) is 0 Å². The van der Waals surface area contributed by atoms with E-state index < -0.39 is 5.97 Å². The molecule has 4 heteroatoms. The number of carbonyl (C=O) groups is 1. The Morgan fingerprint density at radius 1 is 1.31 bits per heavy atom.